The number of hydrogen-bond donors (Lipinski definition) is 2. The zero-order valence-corrected chi connectivity index (χ0v) is 22.6. The zero-order chi connectivity index (χ0) is 27.8. The summed E-state index contributed by atoms with van der Waals surface area (Å²) < 4.78 is 3.24. The monoisotopic (exact) mass is 547 g/mol. The van der Waals surface area contributed by atoms with E-state index in [2.05, 4.69) is 20.3 Å². The molecular weight excluding hydrogens is 522 g/mol. The van der Waals surface area contributed by atoms with Gasteiger partial charge in [-0.05, 0) is 47.7 Å². The van der Waals surface area contributed by atoms with E-state index in [0.29, 0.717) is 11.2 Å². The van der Waals surface area contributed by atoms with Gasteiger partial charge in [-0.3, -0.25) is 19.1 Å². The van der Waals surface area contributed by atoms with Crippen LogP contribution in [0.15, 0.2) is 100 Å². The van der Waals surface area contributed by atoms with Crippen LogP contribution in [0, 0.1) is 0 Å². The fraction of sp³-hybridized carbons (Fsp3) is 0.100. The van der Waals surface area contributed by atoms with E-state index in [-0.39, 0.29) is 23.1 Å². The molecule has 2 aromatic carbocycles. The molecule has 10 heteroatoms. The van der Waals surface area contributed by atoms with Crippen LogP contribution in [-0.2, 0) is 7.05 Å². The number of benzene rings is 2. The first kappa shape index (κ1) is 25.2. The highest BCUT2D eigenvalue weighted by atomic mass is 32.1. The van der Waals surface area contributed by atoms with Gasteiger partial charge < -0.3 is 15.6 Å². The van der Waals surface area contributed by atoms with Crippen molar-refractivity contribution < 1.29 is 0 Å². The highest BCUT2D eigenvalue weighted by molar-refractivity contribution is 7.13. The lowest BCUT2D eigenvalue weighted by Crippen LogP contribution is -2.26. The first-order valence-electron chi connectivity index (χ1n) is 12.6. The van der Waals surface area contributed by atoms with E-state index >= 15 is 0 Å². The molecule has 0 aliphatic heterocycles. The summed E-state index contributed by atoms with van der Waals surface area (Å²) in [6.07, 6.45) is 5.18. The highest BCUT2D eigenvalue weighted by Gasteiger charge is 2.21. The number of thiazole rings is 1. The molecule has 0 aliphatic rings. The van der Waals surface area contributed by atoms with E-state index in [1.54, 1.807) is 41.8 Å². The van der Waals surface area contributed by atoms with Crippen molar-refractivity contribution in [3.63, 3.8) is 0 Å². The lowest BCUT2D eigenvalue weighted by molar-refractivity contribution is 0.773. The van der Waals surface area contributed by atoms with Gasteiger partial charge in [0.2, 0.25) is 11.5 Å². The third kappa shape index (κ3) is 4.54. The summed E-state index contributed by atoms with van der Waals surface area (Å²) in [7, 11) is 1.70. The molecule has 0 saturated carbocycles. The van der Waals surface area contributed by atoms with Crippen LogP contribution in [0.25, 0.3) is 38.0 Å². The number of aromatic nitrogens is 5. The maximum atomic E-state index is 14.4. The van der Waals surface area contributed by atoms with Gasteiger partial charge >= 0.3 is 0 Å². The molecule has 4 heterocycles. The number of nitrogens with two attached hydrogens (primary N) is 1. The molecule has 198 valence electrons. The van der Waals surface area contributed by atoms with E-state index in [1.807, 2.05) is 61.5 Å². The zero-order valence-electron chi connectivity index (χ0n) is 21.8. The van der Waals surface area contributed by atoms with Crippen molar-refractivity contribution in [3.05, 3.63) is 117 Å². The van der Waals surface area contributed by atoms with Crippen LogP contribution in [-0.4, -0.2) is 24.1 Å². The summed E-state index contributed by atoms with van der Waals surface area (Å²) in [5, 5.41) is 4.82. The van der Waals surface area contributed by atoms with Gasteiger partial charge in [-0.2, -0.15) is 4.98 Å². The number of nitrogens with one attached hydrogen (secondary N) is 1. The molecule has 40 heavy (non-hydrogen) atoms. The molecule has 0 saturated heterocycles. The molecule has 0 bridgehead atoms. The summed E-state index contributed by atoms with van der Waals surface area (Å²) in [5.74, 6) is 0.694. The molecule has 0 amide bonds. The maximum absolute atomic E-state index is 14.4. The fourth-order valence-corrected chi connectivity index (χ4v) is 5.48. The van der Waals surface area contributed by atoms with Gasteiger partial charge in [-0.25, -0.2) is 4.98 Å². The van der Waals surface area contributed by atoms with E-state index in [4.69, 9.17) is 5.73 Å². The number of fused-ring (bicyclic) bond motifs is 1. The second-order valence-electron chi connectivity index (χ2n) is 9.40. The predicted octanol–water partition coefficient (Wildman–Crippen LogP) is 5.03. The largest absolute Gasteiger partial charge is 0.368 e. The van der Waals surface area contributed by atoms with Crippen molar-refractivity contribution in [2.24, 2.45) is 7.05 Å². The van der Waals surface area contributed by atoms with E-state index in [1.165, 1.54) is 22.0 Å². The molecule has 0 fully saturated rings. The Kier molecular flexibility index (Phi) is 6.45. The lowest BCUT2D eigenvalue weighted by atomic mass is 9.98. The van der Waals surface area contributed by atoms with Crippen molar-refractivity contribution in [1.82, 2.24) is 24.1 Å². The second kappa shape index (κ2) is 10.2. The van der Waals surface area contributed by atoms with Crippen LogP contribution in [0.3, 0.4) is 0 Å². The lowest BCUT2D eigenvalue weighted by Gasteiger charge is -2.23. The summed E-state index contributed by atoms with van der Waals surface area (Å²) in [5.41, 5.74) is 11.2. The molecule has 1 atom stereocenters. The Morgan fingerprint density at radius 2 is 1.80 bits per heavy atom. The third-order valence-electron chi connectivity index (χ3n) is 6.79. The van der Waals surface area contributed by atoms with Crippen LogP contribution in [0.4, 0.5) is 11.8 Å². The summed E-state index contributed by atoms with van der Waals surface area (Å²) in [6, 6.07) is 20.2. The predicted molar refractivity (Wildman–Crippen MR) is 160 cm³/mol. The van der Waals surface area contributed by atoms with E-state index < -0.39 is 0 Å². The van der Waals surface area contributed by atoms with Crippen LogP contribution in [0.1, 0.15) is 18.7 Å². The molecule has 0 radical (unpaired) electrons. The molecule has 6 aromatic rings. The minimum Gasteiger partial charge on any atom is -0.368 e. The molecule has 4 aromatic heterocycles. The Labute approximate surface area is 233 Å². The van der Waals surface area contributed by atoms with Crippen molar-refractivity contribution in [1.29, 1.82) is 0 Å². The van der Waals surface area contributed by atoms with Gasteiger partial charge in [0.25, 0.3) is 5.56 Å². The number of hydrogen-bond acceptors (Lipinski definition) is 8. The summed E-state index contributed by atoms with van der Waals surface area (Å²) >= 11 is 1.48. The van der Waals surface area contributed by atoms with Gasteiger partial charge in [0.1, 0.15) is 5.82 Å². The third-order valence-corrected chi connectivity index (χ3v) is 7.59. The van der Waals surface area contributed by atoms with Gasteiger partial charge in [0.05, 0.1) is 27.4 Å². The van der Waals surface area contributed by atoms with Crippen LogP contribution < -0.4 is 22.2 Å². The average molecular weight is 548 g/mol. The minimum atomic E-state index is -0.348. The quantitative estimate of drug-likeness (QED) is 0.300. The Bertz CT molecular complexity index is 1970. The molecule has 9 nitrogen and oxygen atoms in total. The van der Waals surface area contributed by atoms with Gasteiger partial charge in [0, 0.05) is 43.1 Å². The first-order chi connectivity index (χ1) is 19.4. The Balaban J connectivity index is 1.56. The topological polar surface area (TPSA) is 121 Å². The minimum absolute atomic E-state index is 0.115. The van der Waals surface area contributed by atoms with Crippen molar-refractivity contribution in [2.45, 2.75) is 13.0 Å². The Morgan fingerprint density at radius 3 is 2.55 bits per heavy atom. The smallest absolute Gasteiger partial charge is 0.263 e. The molecule has 0 aliphatic carbocycles. The number of nitrogen functional groups attached to an aromatic ring is 1. The van der Waals surface area contributed by atoms with Crippen LogP contribution >= 0.6 is 11.3 Å². The number of pyridine rings is 2. The van der Waals surface area contributed by atoms with E-state index in [0.717, 1.165) is 38.3 Å². The molecule has 0 unspecified atom stereocenters. The van der Waals surface area contributed by atoms with Crippen molar-refractivity contribution in [3.8, 4) is 27.3 Å². The van der Waals surface area contributed by atoms with Crippen molar-refractivity contribution in [2.75, 3.05) is 11.1 Å². The van der Waals surface area contributed by atoms with Gasteiger partial charge in [0.15, 0.2) is 0 Å². The number of anilines is 2. The molecular formula is C30H25N7O2S. The molecule has 3 N–H and O–H groups in total. The Hall–Kier alpha value is -5.09. The van der Waals surface area contributed by atoms with E-state index in [9.17, 15) is 9.59 Å². The molecule has 6 rings (SSSR count). The van der Waals surface area contributed by atoms with Gasteiger partial charge in [-0.15, -0.1) is 11.3 Å². The number of para-hydroxylation sites is 1. The number of aryl methyl sites for hydroxylation is 1. The fourth-order valence-electron chi connectivity index (χ4n) is 4.85. The summed E-state index contributed by atoms with van der Waals surface area (Å²) in [4.78, 5) is 40.1. The average Bonchev–Trinajstić information content (AvgIpc) is 3.49. The second-order valence-corrected chi connectivity index (χ2v) is 10.3. The highest BCUT2D eigenvalue weighted by Crippen LogP contribution is 2.33. The number of rotatable bonds is 6. The van der Waals surface area contributed by atoms with Crippen molar-refractivity contribution >= 4 is 33.9 Å². The Morgan fingerprint density at radius 1 is 0.975 bits per heavy atom. The standard InChI is InChI=1S/C30H25N7O2S/c1-18(34-28-23(14-33-30(31)35-28)25-15-32-17-40-25)24-13-19-7-6-10-22(20-11-12-26(38)36(2)16-20)27(19)29(39)37(24)21-8-4-3-5-9-21/h3-18H,1-2H3,(H3,31,33,34,35)/t18-/m0/s1. The molecule has 0 spiro atoms. The SMILES string of the molecule is C[C@H](Nc1nc(N)ncc1-c1cncs1)c1cc2cccc(-c3ccc(=O)n(C)c3)c2c(=O)n1-c1ccccc1. The van der Waals surface area contributed by atoms with Gasteiger partial charge in [-0.1, -0.05) is 36.4 Å². The van der Waals surface area contributed by atoms with Crippen LogP contribution in [0.2, 0.25) is 0 Å². The maximum Gasteiger partial charge on any atom is 0.263 e. The summed E-state index contributed by atoms with van der Waals surface area (Å²) in [6.45, 7) is 1.98. The number of nitrogens with zero attached hydrogens (tertiary/aromatic N) is 5. The normalized spacial score (nSPS) is 11.9. The van der Waals surface area contributed by atoms with Crippen LogP contribution in [0.5, 0.6) is 0 Å². The first-order valence-corrected chi connectivity index (χ1v) is 13.5.